The van der Waals surface area contributed by atoms with Crippen LogP contribution in [0.1, 0.15) is 21.8 Å². The molecule has 1 heterocycles. The Kier molecular flexibility index (Phi) is 6.60. The van der Waals surface area contributed by atoms with Gasteiger partial charge in [-0.2, -0.15) is 0 Å². The van der Waals surface area contributed by atoms with E-state index in [1.807, 2.05) is 30.3 Å². The number of benzene rings is 2. The highest BCUT2D eigenvalue weighted by molar-refractivity contribution is 5.96. The molecule has 0 aliphatic heterocycles. The number of nitrogens with two attached hydrogens (primary N) is 1. The number of oxazole rings is 1. The van der Waals surface area contributed by atoms with Gasteiger partial charge >= 0.3 is 5.97 Å². The molecular formula is C19H21ClN2O4. The molecule has 0 bridgehead atoms. The standard InChI is InChI=1S/C19H20N2O4.ClH/c1-12-21-16-9-15(19(22)23-2)17(10-18(16)25-12)24-11-14(20)8-13-6-4-3-5-7-13;/h3-7,9-10,14H,8,11,20H2,1-2H3;1H/t14-;/m1./s1. The molecule has 1 aromatic heterocycles. The molecule has 0 unspecified atom stereocenters. The lowest BCUT2D eigenvalue weighted by atomic mass is 10.1. The molecule has 26 heavy (non-hydrogen) atoms. The summed E-state index contributed by atoms with van der Waals surface area (Å²) in [7, 11) is 1.32. The van der Waals surface area contributed by atoms with E-state index in [0.717, 1.165) is 5.56 Å². The Morgan fingerprint density at radius 1 is 1.27 bits per heavy atom. The number of fused-ring (bicyclic) bond motifs is 1. The summed E-state index contributed by atoms with van der Waals surface area (Å²) < 4.78 is 16.1. The fraction of sp³-hybridized carbons (Fsp3) is 0.263. The van der Waals surface area contributed by atoms with Crippen molar-refractivity contribution in [2.75, 3.05) is 13.7 Å². The second kappa shape index (κ2) is 8.69. The van der Waals surface area contributed by atoms with Gasteiger partial charge in [0.2, 0.25) is 0 Å². The molecule has 0 saturated heterocycles. The number of esters is 1. The fourth-order valence-electron chi connectivity index (χ4n) is 2.63. The zero-order valence-corrected chi connectivity index (χ0v) is 15.4. The van der Waals surface area contributed by atoms with Crippen LogP contribution in [0.25, 0.3) is 11.1 Å². The molecule has 138 valence electrons. The van der Waals surface area contributed by atoms with E-state index in [2.05, 4.69) is 4.98 Å². The van der Waals surface area contributed by atoms with Crippen molar-refractivity contribution in [2.45, 2.75) is 19.4 Å². The Bertz CT molecular complexity index is 880. The summed E-state index contributed by atoms with van der Waals surface area (Å²) in [5.74, 6) is 0.400. The zero-order chi connectivity index (χ0) is 17.8. The van der Waals surface area contributed by atoms with Gasteiger partial charge in [0.25, 0.3) is 0 Å². The third kappa shape index (κ3) is 4.53. The van der Waals surface area contributed by atoms with Gasteiger partial charge in [-0.1, -0.05) is 30.3 Å². The van der Waals surface area contributed by atoms with Crippen LogP contribution in [-0.4, -0.2) is 30.7 Å². The maximum atomic E-state index is 12.0. The maximum Gasteiger partial charge on any atom is 0.341 e. The van der Waals surface area contributed by atoms with Crippen molar-refractivity contribution in [3.05, 3.63) is 59.5 Å². The molecule has 0 fully saturated rings. The highest BCUT2D eigenvalue weighted by Crippen LogP contribution is 2.27. The highest BCUT2D eigenvalue weighted by Gasteiger charge is 2.18. The largest absolute Gasteiger partial charge is 0.491 e. The molecule has 0 aliphatic carbocycles. The van der Waals surface area contributed by atoms with E-state index in [1.165, 1.54) is 7.11 Å². The minimum atomic E-state index is -0.491. The smallest absolute Gasteiger partial charge is 0.341 e. The van der Waals surface area contributed by atoms with Gasteiger partial charge in [-0.05, 0) is 18.1 Å². The number of halogens is 1. The monoisotopic (exact) mass is 376 g/mol. The molecule has 3 aromatic rings. The molecule has 2 N–H and O–H groups in total. The summed E-state index contributed by atoms with van der Waals surface area (Å²) in [6.45, 7) is 2.01. The van der Waals surface area contributed by atoms with Crippen molar-refractivity contribution in [1.82, 2.24) is 4.98 Å². The van der Waals surface area contributed by atoms with Crippen LogP contribution in [0.3, 0.4) is 0 Å². The summed E-state index contributed by atoms with van der Waals surface area (Å²) in [4.78, 5) is 16.3. The van der Waals surface area contributed by atoms with Crippen molar-refractivity contribution in [2.24, 2.45) is 5.73 Å². The summed E-state index contributed by atoms with van der Waals surface area (Å²) >= 11 is 0. The zero-order valence-electron chi connectivity index (χ0n) is 14.6. The van der Waals surface area contributed by atoms with E-state index in [-0.39, 0.29) is 25.1 Å². The average Bonchev–Trinajstić information content (AvgIpc) is 2.98. The van der Waals surface area contributed by atoms with Gasteiger partial charge < -0.3 is 19.6 Å². The minimum Gasteiger partial charge on any atom is -0.491 e. The van der Waals surface area contributed by atoms with Gasteiger partial charge in [-0.3, -0.25) is 0 Å². The number of aryl methyl sites for hydroxylation is 1. The van der Waals surface area contributed by atoms with Crippen molar-refractivity contribution < 1.29 is 18.7 Å². The molecular weight excluding hydrogens is 356 g/mol. The normalized spacial score (nSPS) is 11.7. The van der Waals surface area contributed by atoms with Crippen LogP contribution >= 0.6 is 12.4 Å². The van der Waals surface area contributed by atoms with Gasteiger partial charge in [0, 0.05) is 19.0 Å². The lowest BCUT2D eigenvalue weighted by molar-refractivity contribution is 0.0596. The first-order valence-corrected chi connectivity index (χ1v) is 7.98. The van der Waals surface area contributed by atoms with Crippen LogP contribution in [-0.2, 0) is 11.2 Å². The highest BCUT2D eigenvalue weighted by atomic mass is 35.5. The second-order valence-corrected chi connectivity index (χ2v) is 5.80. The summed E-state index contributed by atoms with van der Waals surface area (Å²) in [5.41, 5.74) is 8.72. The summed E-state index contributed by atoms with van der Waals surface area (Å²) in [6, 6.07) is 13.0. The molecule has 0 radical (unpaired) electrons. The fourth-order valence-corrected chi connectivity index (χ4v) is 2.63. The molecule has 2 aromatic carbocycles. The SMILES string of the molecule is COC(=O)c1cc2nc(C)oc2cc1OC[C@H](N)Cc1ccccc1.Cl. The molecule has 3 rings (SSSR count). The Balaban J connectivity index is 0.00000243. The summed E-state index contributed by atoms with van der Waals surface area (Å²) in [6.07, 6.45) is 0.679. The number of carbonyl (C=O) groups is 1. The van der Waals surface area contributed by atoms with E-state index < -0.39 is 5.97 Å². The average molecular weight is 377 g/mol. The molecule has 0 aliphatic rings. The minimum absolute atomic E-state index is 0. The van der Waals surface area contributed by atoms with Gasteiger partial charge in [0.05, 0.1) is 7.11 Å². The molecule has 0 amide bonds. The van der Waals surface area contributed by atoms with Crippen LogP contribution in [0.4, 0.5) is 0 Å². The van der Waals surface area contributed by atoms with Gasteiger partial charge in [0.1, 0.15) is 23.4 Å². The quantitative estimate of drug-likeness (QED) is 0.664. The molecule has 6 nitrogen and oxygen atoms in total. The number of aromatic nitrogens is 1. The third-order valence-corrected chi connectivity index (χ3v) is 3.80. The number of hydrogen-bond acceptors (Lipinski definition) is 6. The van der Waals surface area contributed by atoms with Crippen LogP contribution in [0, 0.1) is 6.92 Å². The first-order valence-electron chi connectivity index (χ1n) is 7.98. The Labute approximate surface area is 157 Å². The van der Waals surface area contributed by atoms with Crippen LogP contribution in [0.5, 0.6) is 5.75 Å². The first kappa shape index (κ1) is 19.8. The maximum absolute atomic E-state index is 12.0. The Morgan fingerprint density at radius 3 is 2.69 bits per heavy atom. The lowest BCUT2D eigenvalue weighted by Gasteiger charge is -2.15. The summed E-state index contributed by atoms with van der Waals surface area (Å²) in [5, 5.41) is 0. The van der Waals surface area contributed by atoms with Crippen molar-refractivity contribution >= 4 is 29.5 Å². The number of carbonyl (C=O) groups excluding carboxylic acids is 1. The number of methoxy groups -OCH3 is 1. The van der Waals surface area contributed by atoms with Crippen molar-refractivity contribution in [3.63, 3.8) is 0 Å². The van der Waals surface area contributed by atoms with Crippen molar-refractivity contribution in [3.8, 4) is 5.75 Å². The second-order valence-electron chi connectivity index (χ2n) is 5.80. The third-order valence-electron chi connectivity index (χ3n) is 3.80. The van der Waals surface area contributed by atoms with E-state index in [1.54, 1.807) is 19.1 Å². The first-order chi connectivity index (χ1) is 12.1. The van der Waals surface area contributed by atoms with E-state index >= 15 is 0 Å². The van der Waals surface area contributed by atoms with E-state index in [9.17, 15) is 4.79 Å². The van der Waals surface area contributed by atoms with Crippen LogP contribution in [0.2, 0.25) is 0 Å². The topological polar surface area (TPSA) is 87.6 Å². The van der Waals surface area contributed by atoms with Gasteiger partial charge in [-0.15, -0.1) is 12.4 Å². The number of ether oxygens (including phenoxy) is 2. The van der Waals surface area contributed by atoms with E-state index in [4.69, 9.17) is 19.6 Å². The van der Waals surface area contributed by atoms with Gasteiger partial charge in [0.15, 0.2) is 11.5 Å². The Hall–Kier alpha value is -2.57. The predicted octanol–water partition coefficient (Wildman–Crippen LogP) is 3.29. The molecule has 0 saturated carbocycles. The van der Waals surface area contributed by atoms with Crippen molar-refractivity contribution in [1.29, 1.82) is 0 Å². The van der Waals surface area contributed by atoms with Gasteiger partial charge in [-0.25, -0.2) is 9.78 Å². The lowest BCUT2D eigenvalue weighted by Crippen LogP contribution is -2.30. The molecule has 0 spiro atoms. The molecule has 1 atom stereocenters. The Morgan fingerprint density at radius 2 is 2.00 bits per heavy atom. The van der Waals surface area contributed by atoms with Crippen LogP contribution < -0.4 is 10.5 Å². The van der Waals surface area contributed by atoms with E-state index in [0.29, 0.717) is 34.7 Å². The van der Waals surface area contributed by atoms with Crippen LogP contribution in [0.15, 0.2) is 46.9 Å². The number of nitrogens with zero attached hydrogens (tertiary/aromatic N) is 1. The predicted molar refractivity (Wildman–Crippen MR) is 101 cm³/mol. The number of rotatable bonds is 6. The number of hydrogen-bond donors (Lipinski definition) is 1. The molecule has 7 heteroatoms.